The Labute approximate surface area is 189 Å². The van der Waals surface area contributed by atoms with E-state index in [9.17, 15) is 9.18 Å². The molecule has 8 heteroatoms. The van der Waals surface area contributed by atoms with Gasteiger partial charge in [0.25, 0.3) is 0 Å². The van der Waals surface area contributed by atoms with Crippen LogP contribution in [0, 0.1) is 12.7 Å². The predicted molar refractivity (Wildman–Crippen MR) is 123 cm³/mol. The molecule has 0 atom stereocenters. The van der Waals surface area contributed by atoms with E-state index in [1.807, 2.05) is 54.2 Å². The number of methoxy groups -OCH3 is 1. The van der Waals surface area contributed by atoms with Crippen LogP contribution >= 0.6 is 0 Å². The van der Waals surface area contributed by atoms with E-state index < -0.39 is 5.82 Å². The van der Waals surface area contributed by atoms with Crippen molar-refractivity contribution in [2.45, 2.75) is 6.92 Å². The van der Waals surface area contributed by atoms with Crippen LogP contribution in [0.2, 0.25) is 0 Å². The number of halogens is 1. The second kappa shape index (κ2) is 8.23. The van der Waals surface area contributed by atoms with Crippen LogP contribution in [0.3, 0.4) is 0 Å². The third-order valence-electron chi connectivity index (χ3n) is 5.27. The molecule has 1 N–H and O–H groups in total. The van der Waals surface area contributed by atoms with Crippen LogP contribution in [0.4, 0.5) is 15.8 Å². The van der Waals surface area contributed by atoms with Crippen LogP contribution in [0.25, 0.3) is 11.3 Å². The lowest BCUT2D eigenvalue weighted by Gasteiger charge is -2.13. The fourth-order valence-electron chi connectivity index (χ4n) is 3.65. The highest BCUT2D eigenvalue weighted by Crippen LogP contribution is 2.30. The van der Waals surface area contributed by atoms with Gasteiger partial charge in [0.1, 0.15) is 17.3 Å². The number of carbonyl (C=O) groups is 1. The summed E-state index contributed by atoms with van der Waals surface area (Å²) in [5.41, 5.74) is 4.56. The average molecular weight is 441 g/mol. The molecule has 0 saturated heterocycles. The molecule has 0 bridgehead atoms. The van der Waals surface area contributed by atoms with Gasteiger partial charge in [-0.05, 0) is 55.5 Å². The van der Waals surface area contributed by atoms with Crippen LogP contribution in [0.1, 0.15) is 21.7 Å². The minimum Gasteiger partial charge on any atom is -0.494 e. The van der Waals surface area contributed by atoms with Gasteiger partial charge in [0.2, 0.25) is 5.78 Å². The molecule has 7 nitrogen and oxygen atoms in total. The Kier molecular flexibility index (Phi) is 5.10. The molecule has 164 valence electrons. The van der Waals surface area contributed by atoms with E-state index in [2.05, 4.69) is 15.3 Å². The van der Waals surface area contributed by atoms with Crippen molar-refractivity contribution in [3.63, 3.8) is 0 Å². The highest BCUT2D eigenvalue weighted by molar-refractivity contribution is 6.08. The summed E-state index contributed by atoms with van der Waals surface area (Å²) in [5, 5.41) is 3.36. The number of aryl methyl sites for hydroxylation is 1. The maximum atomic E-state index is 13.2. The largest absolute Gasteiger partial charge is 0.494 e. The molecule has 3 aromatic heterocycles. The van der Waals surface area contributed by atoms with Crippen LogP contribution in [0.15, 0.2) is 79.5 Å². The zero-order valence-corrected chi connectivity index (χ0v) is 18.0. The van der Waals surface area contributed by atoms with Gasteiger partial charge in [-0.15, -0.1) is 0 Å². The highest BCUT2D eigenvalue weighted by Gasteiger charge is 2.16. The molecule has 33 heavy (non-hydrogen) atoms. The molecule has 0 spiro atoms. The Morgan fingerprint density at radius 2 is 1.91 bits per heavy atom. The van der Waals surface area contributed by atoms with E-state index in [0.717, 1.165) is 22.8 Å². The summed E-state index contributed by atoms with van der Waals surface area (Å²) in [6, 6.07) is 14.9. The van der Waals surface area contributed by atoms with Gasteiger partial charge in [0.05, 0.1) is 30.5 Å². The monoisotopic (exact) mass is 441 g/mol. The first-order valence-corrected chi connectivity index (χ1v) is 10.3. The fourth-order valence-corrected chi connectivity index (χ4v) is 3.65. The molecule has 0 unspecified atom stereocenters. The Hall–Kier alpha value is -4.46. The second-order valence-corrected chi connectivity index (χ2v) is 7.55. The number of ketones is 1. The summed E-state index contributed by atoms with van der Waals surface area (Å²) in [4.78, 5) is 21.6. The lowest BCUT2D eigenvalue weighted by molar-refractivity contribution is 0.103. The Morgan fingerprint density at radius 1 is 1.09 bits per heavy atom. The number of hydrogen-bond acceptors (Lipinski definition) is 5. The Bertz CT molecular complexity index is 1470. The van der Waals surface area contributed by atoms with E-state index >= 15 is 0 Å². The van der Waals surface area contributed by atoms with Gasteiger partial charge < -0.3 is 19.0 Å². The number of pyridine rings is 1. The minimum atomic E-state index is -0.391. The van der Waals surface area contributed by atoms with E-state index in [1.54, 1.807) is 24.0 Å². The number of carbonyl (C=O) groups excluding carboxylic acids is 1. The van der Waals surface area contributed by atoms with E-state index in [-0.39, 0.29) is 11.5 Å². The first kappa shape index (κ1) is 20.4. The summed E-state index contributed by atoms with van der Waals surface area (Å²) in [6.45, 7) is 1.93. The van der Waals surface area contributed by atoms with Gasteiger partial charge >= 0.3 is 0 Å². The maximum Gasteiger partial charge on any atom is 0.212 e. The van der Waals surface area contributed by atoms with Gasteiger partial charge in [-0.3, -0.25) is 4.79 Å². The molecule has 0 amide bonds. The van der Waals surface area contributed by atoms with E-state index in [4.69, 9.17) is 4.74 Å². The van der Waals surface area contributed by atoms with Crippen molar-refractivity contribution in [3.8, 4) is 11.4 Å². The quantitative estimate of drug-likeness (QED) is 0.378. The molecule has 0 fully saturated rings. The topological polar surface area (TPSA) is 73.4 Å². The normalized spacial score (nSPS) is 11.0. The summed E-state index contributed by atoms with van der Waals surface area (Å²) in [5.74, 6) is 0.0174. The average Bonchev–Trinajstić information content (AvgIpc) is 3.46. The zero-order valence-electron chi connectivity index (χ0n) is 18.0. The highest BCUT2D eigenvalue weighted by atomic mass is 19.1. The number of hydrogen-bond donors (Lipinski definition) is 1. The van der Waals surface area contributed by atoms with Crippen molar-refractivity contribution in [1.82, 2.24) is 18.9 Å². The van der Waals surface area contributed by atoms with E-state index in [1.165, 1.54) is 24.3 Å². The van der Waals surface area contributed by atoms with Crippen molar-refractivity contribution in [2.75, 3.05) is 12.4 Å². The van der Waals surface area contributed by atoms with E-state index in [0.29, 0.717) is 17.0 Å². The zero-order chi connectivity index (χ0) is 22.9. The summed E-state index contributed by atoms with van der Waals surface area (Å²) >= 11 is 0. The molecule has 5 rings (SSSR count). The summed E-state index contributed by atoms with van der Waals surface area (Å²) in [6.07, 6.45) is 7.15. The molecule has 0 saturated carbocycles. The number of ether oxygens (including phenoxy) is 1. The van der Waals surface area contributed by atoms with Crippen molar-refractivity contribution in [3.05, 3.63) is 102 Å². The molecule has 2 aromatic carbocycles. The number of fused-ring (bicyclic) bond motifs is 1. The summed E-state index contributed by atoms with van der Waals surface area (Å²) in [7, 11) is 1.62. The van der Waals surface area contributed by atoms with Crippen LogP contribution < -0.4 is 10.1 Å². The smallest absolute Gasteiger partial charge is 0.212 e. The van der Waals surface area contributed by atoms with Gasteiger partial charge in [-0.2, -0.15) is 0 Å². The van der Waals surface area contributed by atoms with Crippen molar-refractivity contribution >= 4 is 22.8 Å². The summed E-state index contributed by atoms with van der Waals surface area (Å²) < 4.78 is 22.5. The van der Waals surface area contributed by atoms with Gasteiger partial charge in [0.15, 0.2) is 5.65 Å². The van der Waals surface area contributed by atoms with Crippen molar-refractivity contribution in [2.24, 2.45) is 0 Å². The molecule has 3 heterocycles. The minimum absolute atomic E-state index is 0.272. The molecule has 0 radical (unpaired) electrons. The predicted octanol–water partition coefficient (Wildman–Crippen LogP) is 4.95. The Balaban J connectivity index is 1.47. The van der Waals surface area contributed by atoms with Crippen LogP contribution in [-0.2, 0) is 0 Å². The lowest BCUT2D eigenvalue weighted by Crippen LogP contribution is -2.01. The third kappa shape index (κ3) is 3.94. The number of aromatic nitrogens is 4. The molecule has 0 aliphatic carbocycles. The van der Waals surface area contributed by atoms with Crippen LogP contribution in [-0.4, -0.2) is 31.8 Å². The molecular weight excluding hydrogens is 421 g/mol. The maximum absolute atomic E-state index is 13.2. The molecular formula is C25H20FN5O2. The number of anilines is 2. The molecule has 0 aliphatic heterocycles. The molecule has 0 aliphatic rings. The van der Waals surface area contributed by atoms with Gasteiger partial charge in [-0.1, -0.05) is 0 Å². The third-order valence-corrected chi connectivity index (χ3v) is 5.27. The van der Waals surface area contributed by atoms with Crippen molar-refractivity contribution in [1.29, 1.82) is 0 Å². The van der Waals surface area contributed by atoms with Gasteiger partial charge in [0, 0.05) is 35.9 Å². The second-order valence-electron chi connectivity index (χ2n) is 7.55. The lowest BCUT2D eigenvalue weighted by atomic mass is 10.1. The number of benzene rings is 2. The number of imidazole rings is 2. The van der Waals surface area contributed by atoms with Crippen molar-refractivity contribution < 1.29 is 13.9 Å². The fraction of sp³-hybridized carbons (Fsp3) is 0.0800. The Morgan fingerprint density at radius 3 is 2.64 bits per heavy atom. The standard InChI is InChI=1S/C25H20FN5O2/c1-16-13-31(15-27-16)22-10-9-19(12-23(22)33-2)28-20-4-3-11-30-14-21(29-25(20)30)24(32)17-5-7-18(26)8-6-17/h3-15,28H,1-2H3. The first-order valence-electron chi connectivity index (χ1n) is 10.3. The first-order chi connectivity index (χ1) is 16.0. The molecule has 5 aromatic rings. The number of rotatable bonds is 6. The number of nitrogens with zero attached hydrogens (tertiary/aromatic N) is 4. The van der Waals surface area contributed by atoms with Gasteiger partial charge in [-0.25, -0.2) is 14.4 Å². The SMILES string of the molecule is COc1cc(Nc2cccn3cc(C(=O)c4ccc(F)cc4)nc23)ccc1-n1cnc(C)c1. The van der Waals surface area contributed by atoms with Crippen LogP contribution in [0.5, 0.6) is 5.75 Å². The number of nitrogens with one attached hydrogen (secondary N) is 1.